The minimum Gasteiger partial charge on any atom is -0.310 e. The lowest BCUT2D eigenvalue weighted by atomic mass is 9.79. The van der Waals surface area contributed by atoms with Gasteiger partial charge in [-0.05, 0) is 48.8 Å². The Labute approximate surface area is 123 Å². The number of rotatable bonds is 3. The molecule has 0 saturated heterocycles. The van der Waals surface area contributed by atoms with Crippen molar-refractivity contribution in [3.05, 3.63) is 33.3 Å². The summed E-state index contributed by atoms with van der Waals surface area (Å²) in [6.45, 7) is 5.66. The summed E-state index contributed by atoms with van der Waals surface area (Å²) in [5.74, 6) is 1.72. The van der Waals surface area contributed by atoms with Gasteiger partial charge in [0.05, 0.1) is 0 Å². The van der Waals surface area contributed by atoms with Crippen molar-refractivity contribution in [1.29, 1.82) is 0 Å². The van der Waals surface area contributed by atoms with Crippen LogP contribution in [-0.4, -0.2) is 6.04 Å². The van der Waals surface area contributed by atoms with Gasteiger partial charge in [0, 0.05) is 22.1 Å². The van der Waals surface area contributed by atoms with Gasteiger partial charge in [-0.2, -0.15) is 0 Å². The predicted molar refractivity (Wildman–Crippen MR) is 82.0 cm³/mol. The number of halogens is 2. The number of nitrogens with one attached hydrogen (secondary N) is 1. The largest absolute Gasteiger partial charge is 0.310 e. The summed E-state index contributed by atoms with van der Waals surface area (Å²) in [7, 11) is 0. The quantitative estimate of drug-likeness (QED) is 0.821. The zero-order valence-electron chi connectivity index (χ0n) is 11.0. The monoisotopic (exact) mass is 329 g/mol. The summed E-state index contributed by atoms with van der Waals surface area (Å²) in [6, 6.07) is 6.67. The number of hydrogen-bond donors (Lipinski definition) is 1. The van der Waals surface area contributed by atoms with E-state index in [1.807, 2.05) is 12.1 Å². The molecule has 1 fully saturated rings. The van der Waals surface area contributed by atoms with Gasteiger partial charge in [0.25, 0.3) is 0 Å². The van der Waals surface area contributed by atoms with Crippen LogP contribution in [0.15, 0.2) is 22.7 Å². The van der Waals surface area contributed by atoms with Crippen molar-refractivity contribution < 1.29 is 0 Å². The molecule has 3 heteroatoms. The van der Waals surface area contributed by atoms with Crippen LogP contribution >= 0.6 is 27.5 Å². The Morgan fingerprint density at radius 1 is 1.28 bits per heavy atom. The smallest absolute Gasteiger partial charge is 0.0417 e. The molecule has 3 atom stereocenters. The minimum absolute atomic E-state index is 0.666. The fourth-order valence-corrected chi connectivity index (χ4v) is 3.48. The van der Waals surface area contributed by atoms with Gasteiger partial charge in [0.15, 0.2) is 0 Å². The van der Waals surface area contributed by atoms with Crippen molar-refractivity contribution in [3.63, 3.8) is 0 Å². The van der Waals surface area contributed by atoms with Crippen molar-refractivity contribution in [2.24, 2.45) is 11.8 Å². The topological polar surface area (TPSA) is 12.0 Å². The summed E-state index contributed by atoms with van der Waals surface area (Å²) in [6.07, 6.45) is 3.95. The fraction of sp³-hybridized carbons (Fsp3) is 0.600. The summed E-state index contributed by atoms with van der Waals surface area (Å²) < 4.78 is 1.10. The highest BCUT2D eigenvalue weighted by Crippen LogP contribution is 2.29. The second kappa shape index (κ2) is 6.40. The highest BCUT2D eigenvalue weighted by atomic mass is 79.9. The molecule has 1 aromatic rings. The maximum atomic E-state index is 5.95. The molecule has 1 aromatic carbocycles. The van der Waals surface area contributed by atoms with Crippen LogP contribution in [0.3, 0.4) is 0 Å². The maximum Gasteiger partial charge on any atom is 0.0417 e. The second-order valence-corrected chi connectivity index (χ2v) is 6.87. The highest BCUT2D eigenvalue weighted by molar-refractivity contribution is 9.10. The van der Waals surface area contributed by atoms with Gasteiger partial charge in [-0.3, -0.25) is 0 Å². The molecule has 1 saturated carbocycles. The third-order valence-corrected chi connectivity index (χ3v) is 5.17. The number of hydrogen-bond acceptors (Lipinski definition) is 1. The first-order chi connectivity index (χ1) is 8.56. The Kier molecular flexibility index (Phi) is 5.11. The first-order valence-electron chi connectivity index (χ1n) is 6.73. The fourth-order valence-electron chi connectivity index (χ4n) is 2.65. The lowest BCUT2D eigenvalue weighted by Crippen LogP contribution is -2.35. The van der Waals surface area contributed by atoms with Crippen LogP contribution in [0.1, 0.15) is 38.7 Å². The van der Waals surface area contributed by atoms with E-state index < -0.39 is 0 Å². The van der Waals surface area contributed by atoms with E-state index in [9.17, 15) is 0 Å². The van der Waals surface area contributed by atoms with E-state index in [-0.39, 0.29) is 0 Å². The lowest BCUT2D eigenvalue weighted by Gasteiger charge is -2.32. The standard InChI is InChI=1S/C15H21BrClN/c1-10-3-6-14(7-11(10)2)18-9-12-4-5-13(17)8-15(12)16/h4-5,8,10-11,14,18H,3,6-7,9H2,1-2H3. The van der Waals surface area contributed by atoms with Gasteiger partial charge >= 0.3 is 0 Å². The minimum atomic E-state index is 0.666. The predicted octanol–water partition coefficient (Wildman–Crippen LogP) is 5.02. The third kappa shape index (κ3) is 3.72. The molecule has 1 N–H and O–H groups in total. The second-order valence-electron chi connectivity index (χ2n) is 5.58. The van der Waals surface area contributed by atoms with Gasteiger partial charge in [0.2, 0.25) is 0 Å². The van der Waals surface area contributed by atoms with Crippen LogP contribution in [0.4, 0.5) is 0 Å². The maximum absolute atomic E-state index is 5.95. The molecule has 2 rings (SSSR count). The van der Waals surface area contributed by atoms with E-state index in [1.54, 1.807) is 0 Å². The van der Waals surface area contributed by atoms with Crippen LogP contribution in [0, 0.1) is 11.8 Å². The summed E-state index contributed by atoms with van der Waals surface area (Å²) >= 11 is 9.52. The van der Waals surface area contributed by atoms with Gasteiger partial charge in [-0.25, -0.2) is 0 Å². The zero-order chi connectivity index (χ0) is 13.1. The Morgan fingerprint density at radius 3 is 2.72 bits per heavy atom. The van der Waals surface area contributed by atoms with Crippen LogP contribution in [0.2, 0.25) is 5.02 Å². The molecule has 1 aliphatic carbocycles. The molecule has 0 heterocycles. The van der Waals surface area contributed by atoms with E-state index in [1.165, 1.54) is 24.8 Å². The van der Waals surface area contributed by atoms with Gasteiger partial charge in [0.1, 0.15) is 0 Å². The average Bonchev–Trinajstić information content (AvgIpc) is 2.32. The molecule has 0 spiro atoms. The van der Waals surface area contributed by atoms with Crippen molar-refractivity contribution in [2.45, 2.75) is 45.7 Å². The van der Waals surface area contributed by atoms with E-state index in [2.05, 4.69) is 41.2 Å². The van der Waals surface area contributed by atoms with Crippen molar-refractivity contribution in [3.8, 4) is 0 Å². The van der Waals surface area contributed by atoms with Gasteiger partial charge in [-0.15, -0.1) is 0 Å². The van der Waals surface area contributed by atoms with Gasteiger partial charge < -0.3 is 5.32 Å². The molecular weight excluding hydrogens is 310 g/mol. The van der Waals surface area contributed by atoms with E-state index in [4.69, 9.17) is 11.6 Å². The summed E-state index contributed by atoms with van der Waals surface area (Å²) in [5.41, 5.74) is 1.28. The zero-order valence-corrected chi connectivity index (χ0v) is 13.4. The molecule has 0 bridgehead atoms. The molecule has 1 aliphatic rings. The first kappa shape index (κ1) is 14.4. The molecule has 0 amide bonds. The molecular formula is C15H21BrClN. The molecule has 1 nitrogen and oxygen atoms in total. The normalized spacial score (nSPS) is 28.3. The van der Waals surface area contributed by atoms with Crippen LogP contribution in [0.25, 0.3) is 0 Å². The Hall–Kier alpha value is -0.0500. The van der Waals surface area contributed by atoms with Gasteiger partial charge in [-0.1, -0.05) is 47.4 Å². The number of benzene rings is 1. The van der Waals surface area contributed by atoms with Crippen LogP contribution in [-0.2, 0) is 6.54 Å². The SMILES string of the molecule is CC1CCC(NCc2ccc(Cl)cc2Br)CC1C. The molecule has 0 aliphatic heterocycles. The first-order valence-corrected chi connectivity index (χ1v) is 7.90. The average molecular weight is 331 g/mol. The van der Waals surface area contributed by atoms with E-state index in [0.29, 0.717) is 6.04 Å². The Morgan fingerprint density at radius 2 is 2.06 bits per heavy atom. The van der Waals surface area contributed by atoms with Crippen LogP contribution in [0.5, 0.6) is 0 Å². The Balaban J connectivity index is 1.88. The molecule has 0 radical (unpaired) electrons. The molecule has 100 valence electrons. The van der Waals surface area contributed by atoms with Crippen LogP contribution < -0.4 is 5.32 Å². The van der Waals surface area contributed by atoms with E-state index in [0.717, 1.165) is 27.9 Å². The van der Waals surface area contributed by atoms with E-state index >= 15 is 0 Å². The summed E-state index contributed by atoms with van der Waals surface area (Å²) in [5, 5.41) is 4.46. The summed E-state index contributed by atoms with van der Waals surface area (Å²) in [4.78, 5) is 0. The molecule has 18 heavy (non-hydrogen) atoms. The van der Waals surface area contributed by atoms with Crippen molar-refractivity contribution in [2.75, 3.05) is 0 Å². The Bertz CT molecular complexity index is 407. The lowest BCUT2D eigenvalue weighted by molar-refractivity contribution is 0.225. The van der Waals surface area contributed by atoms with Crippen molar-refractivity contribution >= 4 is 27.5 Å². The van der Waals surface area contributed by atoms with Crippen molar-refractivity contribution in [1.82, 2.24) is 5.32 Å². The highest BCUT2D eigenvalue weighted by Gasteiger charge is 2.24. The molecule has 0 aromatic heterocycles. The molecule has 3 unspecified atom stereocenters. The third-order valence-electron chi connectivity index (χ3n) is 4.19.